The van der Waals surface area contributed by atoms with Gasteiger partial charge in [-0.2, -0.15) is 0 Å². The lowest BCUT2D eigenvalue weighted by Crippen LogP contribution is -2.47. The first kappa shape index (κ1) is 22.2. The van der Waals surface area contributed by atoms with Crippen LogP contribution < -0.4 is 21.1 Å². The lowest BCUT2D eigenvalue weighted by molar-refractivity contribution is -0.118. The van der Waals surface area contributed by atoms with Crippen molar-refractivity contribution in [3.63, 3.8) is 0 Å². The Hall–Kier alpha value is -2.80. The zero-order valence-electron chi connectivity index (χ0n) is 15.3. The van der Waals surface area contributed by atoms with E-state index in [1.165, 1.54) is 25.3 Å². The van der Waals surface area contributed by atoms with Crippen molar-refractivity contribution in [1.82, 2.24) is 5.32 Å². The minimum absolute atomic E-state index is 0. The molecule has 146 valence electrons. The second kappa shape index (κ2) is 9.78. The molecule has 0 aromatic heterocycles. The summed E-state index contributed by atoms with van der Waals surface area (Å²) in [4.78, 5) is 24.9. The van der Waals surface area contributed by atoms with E-state index >= 15 is 0 Å². The first-order valence-electron chi connectivity index (χ1n) is 8.13. The molecule has 0 saturated heterocycles. The fourth-order valence-electron chi connectivity index (χ4n) is 2.43. The number of rotatable bonds is 6. The van der Waals surface area contributed by atoms with E-state index in [9.17, 15) is 14.0 Å². The summed E-state index contributed by atoms with van der Waals surface area (Å²) < 4.78 is 18.8. The van der Waals surface area contributed by atoms with Crippen LogP contribution >= 0.6 is 12.4 Å². The van der Waals surface area contributed by atoms with Crippen molar-refractivity contribution in [1.29, 1.82) is 0 Å². The highest BCUT2D eigenvalue weighted by Gasteiger charge is 2.26. The molecule has 2 aromatic carbocycles. The second-order valence-corrected chi connectivity index (χ2v) is 6.12. The summed E-state index contributed by atoms with van der Waals surface area (Å²) in [7, 11) is 1.50. The molecule has 0 heterocycles. The van der Waals surface area contributed by atoms with Gasteiger partial charge in [-0.15, -0.1) is 12.4 Å². The number of hydrogen-bond donors (Lipinski definition) is 3. The molecule has 27 heavy (non-hydrogen) atoms. The molecule has 2 aromatic rings. The van der Waals surface area contributed by atoms with Gasteiger partial charge in [0.25, 0.3) is 5.91 Å². The van der Waals surface area contributed by atoms with E-state index < -0.39 is 23.7 Å². The third-order valence-corrected chi connectivity index (χ3v) is 3.85. The predicted octanol–water partition coefficient (Wildman–Crippen LogP) is 3.23. The van der Waals surface area contributed by atoms with Crippen LogP contribution in [0.1, 0.15) is 24.2 Å². The standard InChI is InChI=1S/C19H22FN3O3.ClH/c1-11(2)17(23-18(24)13-6-4-5-7-14(13)20)19(25)22-12-8-9-16(26-3)15(21)10-12;/h4-11,17H,21H2,1-3H3,(H,22,25)(H,23,24);1H. The molecule has 2 amide bonds. The SMILES string of the molecule is COc1ccc(NC(=O)C(NC(=O)c2ccccc2F)C(C)C)cc1N.Cl. The Morgan fingerprint density at radius 1 is 1.15 bits per heavy atom. The highest BCUT2D eigenvalue weighted by molar-refractivity contribution is 6.01. The van der Waals surface area contributed by atoms with E-state index in [0.717, 1.165) is 0 Å². The molecule has 2 rings (SSSR count). The van der Waals surface area contributed by atoms with Crippen LogP contribution in [-0.4, -0.2) is 25.0 Å². The summed E-state index contributed by atoms with van der Waals surface area (Å²) in [5, 5.41) is 5.29. The number of benzene rings is 2. The Labute approximate surface area is 163 Å². The summed E-state index contributed by atoms with van der Waals surface area (Å²) >= 11 is 0. The van der Waals surface area contributed by atoms with Crippen LogP contribution in [0.4, 0.5) is 15.8 Å². The van der Waals surface area contributed by atoms with Gasteiger partial charge in [0.2, 0.25) is 5.91 Å². The summed E-state index contributed by atoms with van der Waals surface area (Å²) in [6.45, 7) is 3.57. The maximum atomic E-state index is 13.8. The molecule has 0 aliphatic rings. The van der Waals surface area contributed by atoms with Gasteiger partial charge in [-0.1, -0.05) is 26.0 Å². The van der Waals surface area contributed by atoms with E-state index in [2.05, 4.69) is 10.6 Å². The van der Waals surface area contributed by atoms with E-state index in [-0.39, 0.29) is 23.9 Å². The summed E-state index contributed by atoms with van der Waals surface area (Å²) in [5.74, 6) is -1.42. The Balaban J connectivity index is 0.00000364. The molecule has 6 nitrogen and oxygen atoms in total. The van der Waals surface area contributed by atoms with Gasteiger partial charge < -0.3 is 21.1 Å². The van der Waals surface area contributed by atoms with Gasteiger partial charge in [-0.05, 0) is 36.2 Å². The van der Waals surface area contributed by atoms with Crippen LogP contribution in [0.3, 0.4) is 0 Å². The van der Waals surface area contributed by atoms with Gasteiger partial charge in [-0.3, -0.25) is 9.59 Å². The minimum atomic E-state index is -0.842. The van der Waals surface area contributed by atoms with Crippen LogP contribution in [0.15, 0.2) is 42.5 Å². The van der Waals surface area contributed by atoms with Crippen molar-refractivity contribution >= 4 is 35.6 Å². The Morgan fingerprint density at radius 2 is 1.81 bits per heavy atom. The van der Waals surface area contributed by atoms with Gasteiger partial charge in [0.05, 0.1) is 18.4 Å². The maximum absolute atomic E-state index is 13.8. The number of ether oxygens (including phenoxy) is 1. The third kappa shape index (κ3) is 5.59. The number of anilines is 2. The summed E-state index contributed by atoms with van der Waals surface area (Å²) in [5.41, 5.74) is 6.57. The van der Waals surface area contributed by atoms with E-state index in [0.29, 0.717) is 17.1 Å². The molecule has 1 atom stereocenters. The Kier molecular flexibility index (Phi) is 8.05. The number of halogens is 2. The maximum Gasteiger partial charge on any atom is 0.254 e. The Bertz CT molecular complexity index is 815. The lowest BCUT2D eigenvalue weighted by Gasteiger charge is -2.22. The van der Waals surface area contributed by atoms with Gasteiger partial charge in [0.15, 0.2) is 0 Å². The second-order valence-electron chi connectivity index (χ2n) is 6.12. The number of amides is 2. The number of carbonyl (C=O) groups excluding carboxylic acids is 2. The topological polar surface area (TPSA) is 93.5 Å². The third-order valence-electron chi connectivity index (χ3n) is 3.85. The molecule has 8 heteroatoms. The zero-order chi connectivity index (χ0) is 19.3. The molecule has 1 unspecified atom stereocenters. The molecule has 0 spiro atoms. The van der Waals surface area contributed by atoms with Crippen molar-refractivity contribution in [2.45, 2.75) is 19.9 Å². The first-order chi connectivity index (χ1) is 12.3. The molecular weight excluding hydrogens is 373 g/mol. The van der Waals surface area contributed by atoms with Crippen molar-refractivity contribution in [3.05, 3.63) is 53.8 Å². The quantitative estimate of drug-likeness (QED) is 0.654. The van der Waals surface area contributed by atoms with Crippen molar-refractivity contribution < 1.29 is 18.7 Å². The average molecular weight is 396 g/mol. The van der Waals surface area contributed by atoms with Crippen LogP contribution in [0.25, 0.3) is 0 Å². The molecule has 4 N–H and O–H groups in total. The predicted molar refractivity (Wildman–Crippen MR) is 106 cm³/mol. The summed E-state index contributed by atoms with van der Waals surface area (Å²) in [6, 6.07) is 9.60. The number of nitrogens with two attached hydrogens (primary N) is 1. The number of nitrogen functional groups attached to an aromatic ring is 1. The number of methoxy groups -OCH3 is 1. The fraction of sp³-hybridized carbons (Fsp3) is 0.263. The van der Waals surface area contributed by atoms with Crippen LogP contribution in [0, 0.1) is 11.7 Å². The van der Waals surface area contributed by atoms with Crippen molar-refractivity contribution in [3.8, 4) is 5.75 Å². The molecule has 0 radical (unpaired) electrons. The molecule has 0 fully saturated rings. The van der Waals surface area contributed by atoms with Crippen molar-refractivity contribution in [2.24, 2.45) is 5.92 Å². The molecule has 0 bridgehead atoms. The van der Waals surface area contributed by atoms with E-state index in [4.69, 9.17) is 10.5 Å². The first-order valence-corrected chi connectivity index (χ1v) is 8.13. The molecule has 0 aliphatic carbocycles. The highest BCUT2D eigenvalue weighted by Crippen LogP contribution is 2.24. The molecule has 0 aliphatic heterocycles. The monoisotopic (exact) mass is 395 g/mol. The van der Waals surface area contributed by atoms with Gasteiger partial charge in [0.1, 0.15) is 17.6 Å². The van der Waals surface area contributed by atoms with Crippen molar-refractivity contribution in [2.75, 3.05) is 18.2 Å². The largest absolute Gasteiger partial charge is 0.495 e. The summed E-state index contributed by atoms with van der Waals surface area (Å²) in [6.07, 6.45) is 0. The average Bonchev–Trinajstić information content (AvgIpc) is 2.59. The van der Waals surface area contributed by atoms with Gasteiger partial charge in [0, 0.05) is 5.69 Å². The van der Waals surface area contributed by atoms with Crippen LogP contribution in [-0.2, 0) is 4.79 Å². The minimum Gasteiger partial charge on any atom is -0.495 e. The zero-order valence-corrected chi connectivity index (χ0v) is 16.1. The van der Waals surface area contributed by atoms with Gasteiger partial charge in [-0.25, -0.2) is 4.39 Å². The molecule has 0 saturated carbocycles. The lowest BCUT2D eigenvalue weighted by atomic mass is 10.0. The number of nitrogens with one attached hydrogen (secondary N) is 2. The molecular formula is C19H23ClFN3O3. The normalized spacial score (nSPS) is 11.3. The Morgan fingerprint density at radius 3 is 2.37 bits per heavy atom. The van der Waals surface area contributed by atoms with E-state index in [1.54, 1.807) is 38.1 Å². The number of carbonyl (C=O) groups is 2. The fourth-order valence-corrected chi connectivity index (χ4v) is 2.43. The smallest absolute Gasteiger partial charge is 0.254 e. The van der Waals surface area contributed by atoms with Crippen LogP contribution in [0.2, 0.25) is 0 Å². The highest BCUT2D eigenvalue weighted by atomic mass is 35.5. The van der Waals surface area contributed by atoms with Crippen LogP contribution in [0.5, 0.6) is 5.75 Å². The number of hydrogen-bond acceptors (Lipinski definition) is 4. The van der Waals surface area contributed by atoms with E-state index in [1.807, 2.05) is 0 Å². The van der Waals surface area contributed by atoms with Gasteiger partial charge >= 0.3 is 0 Å².